The van der Waals surface area contributed by atoms with Crippen LogP contribution >= 0.6 is 0 Å². The van der Waals surface area contributed by atoms with Gasteiger partial charge < -0.3 is 11.1 Å². The van der Waals surface area contributed by atoms with Crippen LogP contribution < -0.4 is 11.1 Å². The van der Waals surface area contributed by atoms with Gasteiger partial charge in [-0.15, -0.1) is 6.58 Å². The Morgan fingerprint density at radius 3 is 3.14 bits per heavy atom. The fraction of sp³-hybridized carbons (Fsp3) is 0.333. The number of nitrogens with one attached hydrogen (secondary N) is 1. The quantitative estimate of drug-likeness (QED) is 0.681. The first-order valence-electron chi connectivity index (χ1n) is 4.41. The third kappa shape index (κ3) is 1.93. The van der Waals surface area contributed by atoms with Gasteiger partial charge >= 0.3 is 0 Å². The third-order valence-corrected chi connectivity index (χ3v) is 1.79. The highest BCUT2D eigenvalue weighted by Gasteiger charge is 2.14. The molecule has 0 atom stereocenters. The van der Waals surface area contributed by atoms with Crippen LogP contribution in [0, 0.1) is 0 Å². The van der Waals surface area contributed by atoms with Crippen LogP contribution in [0.15, 0.2) is 18.9 Å². The largest absolute Gasteiger partial charge is 0.396 e. The maximum Gasteiger partial charge on any atom is 0.271 e. The van der Waals surface area contributed by atoms with E-state index in [0.717, 1.165) is 0 Å². The van der Waals surface area contributed by atoms with Gasteiger partial charge in [-0.25, -0.2) is 0 Å². The summed E-state index contributed by atoms with van der Waals surface area (Å²) >= 11 is 0. The van der Waals surface area contributed by atoms with Crippen LogP contribution in [-0.4, -0.2) is 22.2 Å². The van der Waals surface area contributed by atoms with Gasteiger partial charge in [0.2, 0.25) is 0 Å². The summed E-state index contributed by atoms with van der Waals surface area (Å²) in [6, 6.07) is 0. The topological polar surface area (TPSA) is 72.9 Å². The Morgan fingerprint density at radius 1 is 1.86 bits per heavy atom. The average Bonchev–Trinajstić information content (AvgIpc) is 2.56. The Hall–Kier alpha value is -1.78. The highest BCUT2D eigenvalue weighted by molar-refractivity contribution is 5.97. The van der Waals surface area contributed by atoms with Crippen molar-refractivity contribution in [1.29, 1.82) is 0 Å². The predicted molar refractivity (Wildman–Crippen MR) is 54.8 cm³/mol. The fourth-order valence-electron chi connectivity index (χ4n) is 1.14. The molecule has 1 rings (SSSR count). The first-order chi connectivity index (χ1) is 6.70. The molecule has 5 nitrogen and oxygen atoms in total. The van der Waals surface area contributed by atoms with Gasteiger partial charge in [-0.05, 0) is 6.92 Å². The smallest absolute Gasteiger partial charge is 0.271 e. The molecule has 0 radical (unpaired) electrons. The number of anilines is 1. The SMILES string of the molecule is C=CCNC(=O)c1c(N)cnn1CC. The van der Waals surface area contributed by atoms with Crippen LogP contribution in [0.3, 0.4) is 0 Å². The van der Waals surface area contributed by atoms with Crippen LogP contribution in [0.4, 0.5) is 5.69 Å². The molecule has 0 bridgehead atoms. The number of aryl methyl sites for hydroxylation is 1. The number of carbonyl (C=O) groups is 1. The molecular weight excluding hydrogens is 180 g/mol. The highest BCUT2D eigenvalue weighted by Crippen LogP contribution is 2.09. The van der Waals surface area contributed by atoms with E-state index in [2.05, 4.69) is 17.0 Å². The van der Waals surface area contributed by atoms with Crippen LogP contribution in [-0.2, 0) is 6.54 Å². The lowest BCUT2D eigenvalue weighted by atomic mass is 10.3. The molecule has 1 amide bonds. The maximum atomic E-state index is 11.6. The summed E-state index contributed by atoms with van der Waals surface area (Å²) in [5.41, 5.74) is 6.43. The summed E-state index contributed by atoms with van der Waals surface area (Å²) in [7, 11) is 0. The Labute approximate surface area is 82.6 Å². The maximum absolute atomic E-state index is 11.6. The number of aromatic nitrogens is 2. The van der Waals surface area contributed by atoms with E-state index in [1.54, 1.807) is 10.8 Å². The van der Waals surface area contributed by atoms with E-state index in [9.17, 15) is 4.79 Å². The summed E-state index contributed by atoms with van der Waals surface area (Å²) in [5.74, 6) is -0.221. The highest BCUT2D eigenvalue weighted by atomic mass is 16.2. The number of rotatable bonds is 4. The number of hydrogen-bond donors (Lipinski definition) is 2. The van der Waals surface area contributed by atoms with Crippen molar-refractivity contribution >= 4 is 11.6 Å². The second-order valence-electron chi connectivity index (χ2n) is 2.76. The molecule has 0 aromatic carbocycles. The zero-order chi connectivity index (χ0) is 10.6. The Balaban J connectivity index is 2.86. The summed E-state index contributed by atoms with van der Waals surface area (Å²) in [4.78, 5) is 11.6. The van der Waals surface area contributed by atoms with Gasteiger partial charge in [0.15, 0.2) is 0 Å². The van der Waals surface area contributed by atoms with Gasteiger partial charge in [0, 0.05) is 13.1 Å². The van der Waals surface area contributed by atoms with Crippen molar-refractivity contribution in [2.45, 2.75) is 13.5 Å². The van der Waals surface area contributed by atoms with E-state index in [1.807, 2.05) is 6.92 Å². The van der Waals surface area contributed by atoms with Crippen LogP contribution in [0.25, 0.3) is 0 Å². The van der Waals surface area contributed by atoms with Gasteiger partial charge in [-0.1, -0.05) is 6.08 Å². The molecule has 1 heterocycles. The molecule has 0 aliphatic carbocycles. The zero-order valence-electron chi connectivity index (χ0n) is 8.16. The van der Waals surface area contributed by atoms with E-state index in [4.69, 9.17) is 5.73 Å². The van der Waals surface area contributed by atoms with Gasteiger partial charge in [0.05, 0.1) is 11.9 Å². The van der Waals surface area contributed by atoms with Gasteiger partial charge in [0.1, 0.15) is 5.69 Å². The molecule has 0 unspecified atom stereocenters. The van der Waals surface area contributed by atoms with Crippen LogP contribution in [0.1, 0.15) is 17.4 Å². The molecule has 76 valence electrons. The Bertz CT molecular complexity index is 343. The Morgan fingerprint density at radius 2 is 2.57 bits per heavy atom. The zero-order valence-corrected chi connectivity index (χ0v) is 8.16. The second-order valence-corrected chi connectivity index (χ2v) is 2.76. The minimum atomic E-state index is -0.221. The standard InChI is InChI=1S/C9H14N4O/c1-3-5-11-9(14)8-7(10)6-12-13(8)4-2/h3,6H,1,4-5,10H2,2H3,(H,11,14). The summed E-state index contributed by atoms with van der Waals surface area (Å²) in [5, 5.41) is 6.62. The number of carbonyl (C=O) groups excluding carboxylic acids is 1. The molecule has 14 heavy (non-hydrogen) atoms. The van der Waals surface area contributed by atoms with Crippen LogP contribution in [0.2, 0.25) is 0 Å². The Kier molecular flexibility index (Phi) is 3.28. The minimum Gasteiger partial charge on any atom is -0.396 e. The number of nitrogens with two attached hydrogens (primary N) is 1. The average molecular weight is 194 g/mol. The van der Waals surface area contributed by atoms with Gasteiger partial charge in [-0.2, -0.15) is 5.10 Å². The van der Waals surface area contributed by atoms with E-state index in [0.29, 0.717) is 24.5 Å². The summed E-state index contributed by atoms with van der Waals surface area (Å²) < 4.78 is 1.56. The van der Waals surface area contributed by atoms with Crippen molar-refractivity contribution in [3.63, 3.8) is 0 Å². The molecule has 0 aliphatic heterocycles. The van der Waals surface area contributed by atoms with E-state index < -0.39 is 0 Å². The monoisotopic (exact) mass is 194 g/mol. The number of amides is 1. The summed E-state index contributed by atoms with van der Waals surface area (Å²) in [6.07, 6.45) is 3.09. The van der Waals surface area contributed by atoms with Gasteiger partial charge in [-0.3, -0.25) is 9.48 Å². The van der Waals surface area contributed by atoms with Crippen molar-refractivity contribution in [1.82, 2.24) is 15.1 Å². The van der Waals surface area contributed by atoms with Crippen molar-refractivity contribution in [2.24, 2.45) is 0 Å². The molecule has 0 saturated carbocycles. The van der Waals surface area contributed by atoms with Crippen molar-refractivity contribution in [2.75, 3.05) is 12.3 Å². The molecular formula is C9H14N4O. The minimum absolute atomic E-state index is 0.221. The number of nitrogens with zero attached hydrogens (tertiary/aromatic N) is 2. The molecule has 0 aliphatic rings. The molecule has 5 heteroatoms. The van der Waals surface area contributed by atoms with E-state index in [-0.39, 0.29) is 5.91 Å². The first kappa shape index (κ1) is 10.3. The number of hydrogen-bond acceptors (Lipinski definition) is 3. The molecule has 0 saturated heterocycles. The molecule has 0 spiro atoms. The lowest BCUT2D eigenvalue weighted by molar-refractivity contribution is 0.0948. The molecule has 0 fully saturated rings. The van der Waals surface area contributed by atoms with E-state index >= 15 is 0 Å². The van der Waals surface area contributed by atoms with Crippen molar-refractivity contribution < 1.29 is 4.79 Å². The van der Waals surface area contributed by atoms with Crippen molar-refractivity contribution in [3.8, 4) is 0 Å². The van der Waals surface area contributed by atoms with E-state index in [1.165, 1.54) is 6.20 Å². The molecule has 1 aromatic heterocycles. The van der Waals surface area contributed by atoms with Crippen molar-refractivity contribution in [3.05, 3.63) is 24.5 Å². The van der Waals surface area contributed by atoms with Gasteiger partial charge in [0.25, 0.3) is 5.91 Å². The molecule has 1 aromatic rings. The molecule has 3 N–H and O–H groups in total. The predicted octanol–water partition coefficient (Wildman–Crippen LogP) is 0.401. The lowest BCUT2D eigenvalue weighted by Crippen LogP contribution is -2.26. The lowest BCUT2D eigenvalue weighted by Gasteiger charge is -2.05. The van der Waals surface area contributed by atoms with Crippen LogP contribution in [0.5, 0.6) is 0 Å². The number of nitrogen functional groups attached to an aromatic ring is 1. The fourth-order valence-corrected chi connectivity index (χ4v) is 1.14. The second kappa shape index (κ2) is 4.45. The third-order valence-electron chi connectivity index (χ3n) is 1.79. The normalized spacial score (nSPS) is 9.79. The first-order valence-corrected chi connectivity index (χ1v) is 4.41. The summed E-state index contributed by atoms with van der Waals surface area (Å²) in [6.45, 7) is 6.45.